The summed E-state index contributed by atoms with van der Waals surface area (Å²) in [6, 6.07) is 24.8. The van der Waals surface area contributed by atoms with Crippen molar-refractivity contribution in [3.63, 3.8) is 0 Å². The first-order valence-corrected chi connectivity index (χ1v) is 11.4. The second-order valence-electron chi connectivity index (χ2n) is 8.23. The second kappa shape index (κ2) is 9.17. The van der Waals surface area contributed by atoms with Gasteiger partial charge in [-0.2, -0.15) is 13.2 Å². The highest BCUT2D eigenvalue weighted by atomic mass is 35.5. The minimum atomic E-state index is -4.69. The Balaban J connectivity index is 1.81. The number of carbonyl (C=O) groups is 1. The molecular formula is C28H19ClF3N3O. The van der Waals surface area contributed by atoms with Gasteiger partial charge < -0.3 is 9.88 Å². The maximum atomic E-state index is 14.5. The third-order valence-corrected chi connectivity index (χ3v) is 6.16. The Morgan fingerprint density at radius 2 is 1.47 bits per heavy atom. The number of benzene rings is 3. The van der Waals surface area contributed by atoms with E-state index in [4.69, 9.17) is 11.6 Å². The molecule has 0 aliphatic heterocycles. The predicted octanol–water partition coefficient (Wildman–Crippen LogP) is 7.83. The molecule has 1 N–H and O–H groups in total. The van der Waals surface area contributed by atoms with Gasteiger partial charge in [0.2, 0.25) is 0 Å². The van der Waals surface area contributed by atoms with Gasteiger partial charge in [-0.1, -0.05) is 72.3 Å². The number of nitrogens with zero attached hydrogens (tertiary/aromatic N) is 2. The molecule has 0 aliphatic carbocycles. The molecule has 0 saturated heterocycles. The summed E-state index contributed by atoms with van der Waals surface area (Å²) in [5.41, 5.74) is 1.32. The number of aryl methyl sites for hydroxylation is 1. The van der Waals surface area contributed by atoms with Crippen LogP contribution in [0.3, 0.4) is 0 Å². The lowest BCUT2D eigenvalue weighted by atomic mass is 10.0. The number of alkyl halides is 3. The summed E-state index contributed by atoms with van der Waals surface area (Å²) in [5, 5.41) is 3.01. The van der Waals surface area contributed by atoms with Gasteiger partial charge in [0.15, 0.2) is 0 Å². The molecule has 2 heterocycles. The van der Waals surface area contributed by atoms with Gasteiger partial charge in [-0.15, -0.1) is 0 Å². The van der Waals surface area contributed by atoms with Crippen LogP contribution in [0.2, 0.25) is 5.02 Å². The van der Waals surface area contributed by atoms with Gasteiger partial charge in [-0.25, -0.2) is 4.98 Å². The zero-order valence-electron chi connectivity index (χ0n) is 19.0. The highest BCUT2D eigenvalue weighted by Gasteiger charge is 2.37. The number of hydrogen-bond acceptors (Lipinski definition) is 2. The Kier molecular flexibility index (Phi) is 6.02. The molecule has 36 heavy (non-hydrogen) atoms. The number of aromatic nitrogens is 2. The quantitative estimate of drug-likeness (QED) is 0.270. The molecule has 180 valence electrons. The molecule has 0 radical (unpaired) electrons. The zero-order valence-corrected chi connectivity index (χ0v) is 19.7. The van der Waals surface area contributed by atoms with E-state index in [1.807, 2.05) is 6.07 Å². The molecule has 0 fully saturated rings. The summed E-state index contributed by atoms with van der Waals surface area (Å²) in [5.74, 6) is -0.559. The average Bonchev–Trinajstić information content (AvgIpc) is 3.15. The molecule has 0 unspecified atom stereocenters. The van der Waals surface area contributed by atoms with Gasteiger partial charge in [0.25, 0.3) is 5.91 Å². The van der Waals surface area contributed by atoms with Crippen LogP contribution in [-0.2, 0) is 13.2 Å². The molecule has 0 bridgehead atoms. The van der Waals surface area contributed by atoms with Crippen LogP contribution in [-0.4, -0.2) is 15.5 Å². The van der Waals surface area contributed by atoms with E-state index in [0.29, 0.717) is 21.8 Å². The molecule has 5 aromatic rings. The largest absolute Gasteiger partial charge is 0.417 e. The predicted molar refractivity (Wildman–Crippen MR) is 136 cm³/mol. The van der Waals surface area contributed by atoms with Crippen molar-refractivity contribution in [2.75, 3.05) is 5.32 Å². The van der Waals surface area contributed by atoms with Gasteiger partial charge in [-0.05, 0) is 30.3 Å². The fourth-order valence-electron chi connectivity index (χ4n) is 4.24. The van der Waals surface area contributed by atoms with Crippen LogP contribution in [0.25, 0.3) is 33.5 Å². The first-order chi connectivity index (χ1) is 17.2. The molecule has 0 spiro atoms. The normalized spacial score (nSPS) is 11.6. The average molecular weight is 506 g/mol. The van der Waals surface area contributed by atoms with Crippen LogP contribution in [0.4, 0.5) is 18.9 Å². The van der Waals surface area contributed by atoms with Gasteiger partial charge in [0, 0.05) is 28.8 Å². The minimum Gasteiger partial charge on any atom is -0.327 e. The standard InChI is InChI=1S/C28H19ClF3N3O/c1-35-25(18-10-6-3-7-11-18)24(34-27(36)19-12-14-20(29)15-13-19)23-21(28(30,31)32)16-22(33-26(23)35)17-8-4-2-5-9-17/h2-16H,1H3,(H,34,36). The van der Waals surface area contributed by atoms with E-state index in [1.54, 1.807) is 78.3 Å². The highest BCUT2D eigenvalue weighted by molar-refractivity contribution is 6.30. The fraction of sp³-hybridized carbons (Fsp3) is 0.0714. The summed E-state index contributed by atoms with van der Waals surface area (Å²) in [6.45, 7) is 0. The Bertz CT molecular complexity index is 1560. The van der Waals surface area contributed by atoms with Crippen LogP contribution in [0.1, 0.15) is 15.9 Å². The van der Waals surface area contributed by atoms with Crippen LogP contribution >= 0.6 is 11.6 Å². The highest BCUT2D eigenvalue weighted by Crippen LogP contribution is 2.45. The van der Waals surface area contributed by atoms with Crippen molar-refractivity contribution in [3.8, 4) is 22.5 Å². The van der Waals surface area contributed by atoms with Crippen molar-refractivity contribution in [2.45, 2.75) is 6.18 Å². The van der Waals surface area contributed by atoms with Crippen molar-refractivity contribution >= 4 is 34.2 Å². The van der Waals surface area contributed by atoms with Crippen molar-refractivity contribution in [1.29, 1.82) is 0 Å². The van der Waals surface area contributed by atoms with Gasteiger partial charge in [0.1, 0.15) is 5.65 Å². The zero-order chi connectivity index (χ0) is 25.4. The molecule has 0 saturated carbocycles. The molecule has 2 aromatic heterocycles. The van der Waals surface area contributed by atoms with Crippen molar-refractivity contribution in [2.24, 2.45) is 7.05 Å². The Labute approximate surface area is 210 Å². The van der Waals surface area contributed by atoms with E-state index in [-0.39, 0.29) is 28.0 Å². The lowest BCUT2D eigenvalue weighted by Crippen LogP contribution is -2.14. The van der Waals surface area contributed by atoms with Crippen LogP contribution < -0.4 is 5.32 Å². The Morgan fingerprint density at radius 3 is 2.06 bits per heavy atom. The van der Waals surface area contributed by atoms with Crippen LogP contribution in [0.5, 0.6) is 0 Å². The minimum absolute atomic E-state index is 0.0399. The molecule has 1 amide bonds. The summed E-state index contributed by atoms with van der Waals surface area (Å²) >= 11 is 5.93. The Morgan fingerprint density at radius 1 is 0.889 bits per heavy atom. The number of pyridine rings is 1. The molecule has 3 aromatic carbocycles. The number of halogens is 4. The SMILES string of the molecule is Cn1c(-c2ccccc2)c(NC(=O)c2ccc(Cl)cc2)c2c(C(F)(F)F)cc(-c3ccccc3)nc21. The summed E-state index contributed by atoms with van der Waals surface area (Å²) in [7, 11) is 1.64. The lowest BCUT2D eigenvalue weighted by molar-refractivity contribution is -0.136. The van der Waals surface area contributed by atoms with Crippen molar-refractivity contribution in [3.05, 3.63) is 107 Å². The molecule has 0 atom stereocenters. The number of hydrogen-bond donors (Lipinski definition) is 1. The van der Waals surface area contributed by atoms with E-state index in [0.717, 1.165) is 6.07 Å². The number of anilines is 1. The second-order valence-corrected chi connectivity index (χ2v) is 8.66. The molecule has 8 heteroatoms. The third-order valence-electron chi connectivity index (χ3n) is 5.91. The van der Waals surface area contributed by atoms with E-state index in [1.165, 1.54) is 12.1 Å². The molecule has 4 nitrogen and oxygen atoms in total. The lowest BCUT2D eigenvalue weighted by Gasteiger charge is -2.13. The monoisotopic (exact) mass is 505 g/mol. The van der Waals surface area contributed by atoms with E-state index in [2.05, 4.69) is 10.3 Å². The van der Waals surface area contributed by atoms with Crippen LogP contribution in [0, 0.1) is 0 Å². The van der Waals surface area contributed by atoms with Gasteiger partial charge in [0.05, 0.1) is 28.0 Å². The first-order valence-electron chi connectivity index (χ1n) is 11.0. The smallest absolute Gasteiger partial charge is 0.327 e. The number of amides is 1. The van der Waals surface area contributed by atoms with E-state index < -0.39 is 17.6 Å². The van der Waals surface area contributed by atoms with E-state index in [9.17, 15) is 18.0 Å². The van der Waals surface area contributed by atoms with Crippen molar-refractivity contribution < 1.29 is 18.0 Å². The number of nitrogens with one attached hydrogen (secondary N) is 1. The number of carbonyl (C=O) groups excluding carboxylic acids is 1. The number of rotatable bonds is 4. The summed E-state index contributed by atoms with van der Waals surface area (Å²) in [6.07, 6.45) is -4.69. The number of fused-ring (bicyclic) bond motifs is 1. The summed E-state index contributed by atoms with van der Waals surface area (Å²) in [4.78, 5) is 17.8. The topological polar surface area (TPSA) is 46.9 Å². The van der Waals surface area contributed by atoms with E-state index >= 15 is 0 Å². The maximum Gasteiger partial charge on any atom is 0.417 e. The van der Waals surface area contributed by atoms with Crippen LogP contribution in [0.15, 0.2) is 91.0 Å². The third kappa shape index (κ3) is 4.33. The Hall–Kier alpha value is -4.10. The van der Waals surface area contributed by atoms with Gasteiger partial charge >= 0.3 is 6.18 Å². The molecule has 0 aliphatic rings. The maximum absolute atomic E-state index is 14.5. The van der Waals surface area contributed by atoms with Crippen molar-refractivity contribution in [1.82, 2.24) is 9.55 Å². The molecule has 5 rings (SSSR count). The van der Waals surface area contributed by atoms with Gasteiger partial charge in [-0.3, -0.25) is 4.79 Å². The molecular weight excluding hydrogens is 487 g/mol. The summed E-state index contributed by atoms with van der Waals surface area (Å²) < 4.78 is 45.0. The fourth-order valence-corrected chi connectivity index (χ4v) is 4.36. The first kappa shape index (κ1) is 23.6.